The van der Waals surface area contributed by atoms with Gasteiger partial charge in [-0.2, -0.15) is 14.6 Å². The second-order valence-electron chi connectivity index (χ2n) is 6.31. The standard InChI is InChI=1S/C18H20N6O/c1-13-10-16(24-18(21-13)19-12-20-24)22-15(14-6-3-2-4-7-14)11-23-9-5-8-17(23)25/h2-4,6-7,10,12,15,22H,5,8-9,11H2,1H3/t15-/m1/s1. The number of nitrogens with zero attached hydrogens (tertiary/aromatic N) is 5. The lowest BCUT2D eigenvalue weighted by Crippen LogP contribution is -2.33. The van der Waals surface area contributed by atoms with Gasteiger partial charge in [0.25, 0.3) is 5.78 Å². The normalized spacial score (nSPS) is 15.7. The van der Waals surface area contributed by atoms with E-state index in [1.807, 2.05) is 36.1 Å². The third-order valence-corrected chi connectivity index (χ3v) is 4.48. The second kappa shape index (κ2) is 6.51. The molecule has 1 amide bonds. The molecule has 7 heteroatoms. The van der Waals surface area contributed by atoms with Gasteiger partial charge in [0.1, 0.15) is 12.1 Å². The van der Waals surface area contributed by atoms with Crippen molar-refractivity contribution in [1.29, 1.82) is 0 Å². The van der Waals surface area contributed by atoms with E-state index in [2.05, 4.69) is 32.5 Å². The van der Waals surface area contributed by atoms with Crippen LogP contribution >= 0.6 is 0 Å². The first-order valence-corrected chi connectivity index (χ1v) is 8.47. The van der Waals surface area contributed by atoms with E-state index in [9.17, 15) is 4.79 Å². The first-order chi connectivity index (χ1) is 12.2. The quantitative estimate of drug-likeness (QED) is 0.773. The van der Waals surface area contributed by atoms with Crippen LogP contribution in [0.15, 0.2) is 42.7 Å². The fourth-order valence-electron chi connectivity index (χ4n) is 3.25. The van der Waals surface area contributed by atoms with Gasteiger partial charge in [-0.1, -0.05) is 30.3 Å². The van der Waals surface area contributed by atoms with Crippen LogP contribution in [0.25, 0.3) is 5.78 Å². The predicted octanol–water partition coefficient (Wildman–Crippen LogP) is 2.21. The molecule has 0 saturated carbocycles. The second-order valence-corrected chi connectivity index (χ2v) is 6.31. The molecule has 1 fully saturated rings. The first-order valence-electron chi connectivity index (χ1n) is 8.47. The molecule has 1 aliphatic heterocycles. The molecule has 0 bridgehead atoms. The zero-order valence-electron chi connectivity index (χ0n) is 14.1. The van der Waals surface area contributed by atoms with Crippen molar-refractivity contribution < 1.29 is 4.79 Å². The number of carbonyl (C=O) groups is 1. The Labute approximate surface area is 145 Å². The van der Waals surface area contributed by atoms with Gasteiger partial charge < -0.3 is 10.2 Å². The third-order valence-electron chi connectivity index (χ3n) is 4.48. The van der Waals surface area contributed by atoms with E-state index in [4.69, 9.17) is 0 Å². The number of fused-ring (bicyclic) bond motifs is 1. The van der Waals surface area contributed by atoms with Gasteiger partial charge in [0.2, 0.25) is 5.91 Å². The molecular formula is C18H20N6O. The van der Waals surface area contributed by atoms with Crippen LogP contribution in [0, 0.1) is 6.92 Å². The lowest BCUT2D eigenvalue weighted by atomic mass is 10.1. The summed E-state index contributed by atoms with van der Waals surface area (Å²) >= 11 is 0. The maximum absolute atomic E-state index is 12.1. The molecule has 128 valence electrons. The molecule has 3 heterocycles. The van der Waals surface area contributed by atoms with Gasteiger partial charge in [0.15, 0.2) is 0 Å². The van der Waals surface area contributed by atoms with Gasteiger partial charge in [-0.05, 0) is 18.9 Å². The fourth-order valence-corrected chi connectivity index (χ4v) is 3.25. The van der Waals surface area contributed by atoms with Crippen molar-refractivity contribution in [3.8, 4) is 0 Å². The number of aromatic nitrogens is 4. The van der Waals surface area contributed by atoms with Crippen molar-refractivity contribution >= 4 is 17.5 Å². The van der Waals surface area contributed by atoms with Crippen molar-refractivity contribution in [1.82, 2.24) is 24.5 Å². The van der Waals surface area contributed by atoms with Gasteiger partial charge in [0, 0.05) is 31.3 Å². The Balaban J connectivity index is 1.67. The molecular weight excluding hydrogens is 316 g/mol. The number of anilines is 1. The number of aryl methyl sites for hydroxylation is 1. The molecule has 7 nitrogen and oxygen atoms in total. The number of nitrogens with one attached hydrogen (secondary N) is 1. The number of rotatable bonds is 5. The van der Waals surface area contributed by atoms with Gasteiger partial charge in [-0.25, -0.2) is 4.98 Å². The molecule has 1 atom stereocenters. The van der Waals surface area contributed by atoms with Crippen LogP contribution in [0.2, 0.25) is 0 Å². The fraction of sp³-hybridized carbons (Fsp3) is 0.333. The maximum atomic E-state index is 12.1. The van der Waals surface area contributed by atoms with E-state index in [-0.39, 0.29) is 11.9 Å². The average Bonchev–Trinajstić information content (AvgIpc) is 3.24. The molecule has 4 rings (SSSR count). The maximum Gasteiger partial charge on any atom is 0.254 e. The highest BCUT2D eigenvalue weighted by Crippen LogP contribution is 2.23. The number of hydrogen-bond donors (Lipinski definition) is 1. The summed E-state index contributed by atoms with van der Waals surface area (Å²) in [7, 11) is 0. The van der Waals surface area contributed by atoms with Crippen molar-refractivity contribution in [2.75, 3.05) is 18.4 Å². The van der Waals surface area contributed by atoms with E-state index < -0.39 is 0 Å². The molecule has 1 saturated heterocycles. The van der Waals surface area contributed by atoms with Gasteiger partial charge >= 0.3 is 0 Å². The van der Waals surface area contributed by atoms with Gasteiger partial charge in [-0.3, -0.25) is 4.79 Å². The number of hydrogen-bond acceptors (Lipinski definition) is 5. The van der Waals surface area contributed by atoms with Crippen molar-refractivity contribution in [2.45, 2.75) is 25.8 Å². The summed E-state index contributed by atoms with van der Waals surface area (Å²) in [5, 5.41) is 7.79. The Morgan fingerprint density at radius 3 is 2.88 bits per heavy atom. The highest BCUT2D eigenvalue weighted by atomic mass is 16.2. The lowest BCUT2D eigenvalue weighted by Gasteiger charge is -2.26. The molecule has 1 aromatic carbocycles. The van der Waals surface area contributed by atoms with Gasteiger partial charge in [0.05, 0.1) is 6.04 Å². The Morgan fingerprint density at radius 1 is 1.28 bits per heavy atom. The molecule has 25 heavy (non-hydrogen) atoms. The van der Waals surface area contributed by atoms with Crippen molar-refractivity contribution in [3.05, 3.63) is 54.0 Å². The Bertz CT molecular complexity index is 891. The lowest BCUT2D eigenvalue weighted by molar-refractivity contribution is -0.127. The summed E-state index contributed by atoms with van der Waals surface area (Å²) in [5.74, 6) is 1.60. The summed E-state index contributed by atoms with van der Waals surface area (Å²) in [6, 6.07) is 12.1. The summed E-state index contributed by atoms with van der Waals surface area (Å²) in [5.41, 5.74) is 2.00. The van der Waals surface area contributed by atoms with Crippen LogP contribution in [0.3, 0.4) is 0 Å². The van der Waals surface area contributed by atoms with E-state index in [1.54, 1.807) is 4.52 Å². The van der Waals surface area contributed by atoms with Crippen LogP contribution in [0.5, 0.6) is 0 Å². The van der Waals surface area contributed by atoms with Crippen LogP contribution in [0.1, 0.15) is 30.1 Å². The smallest absolute Gasteiger partial charge is 0.254 e. The predicted molar refractivity (Wildman–Crippen MR) is 94.1 cm³/mol. The minimum atomic E-state index is -0.0301. The number of carbonyl (C=O) groups excluding carboxylic acids is 1. The molecule has 0 aliphatic carbocycles. The summed E-state index contributed by atoms with van der Waals surface area (Å²) in [4.78, 5) is 22.6. The summed E-state index contributed by atoms with van der Waals surface area (Å²) < 4.78 is 1.69. The Hall–Kier alpha value is -2.96. The minimum Gasteiger partial charge on any atom is -0.361 e. The molecule has 2 aromatic heterocycles. The third kappa shape index (κ3) is 3.17. The number of likely N-dealkylation sites (tertiary alicyclic amines) is 1. The summed E-state index contributed by atoms with van der Waals surface area (Å²) in [6.45, 7) is 3.37. The SMILES string of the molecule is Cc1cc(N[C@H](CN2CCCC2=O)c2ccccc2)n2ncnc2n1. The first kappa shape index (κ1) is 15.6. The van der Waals surface area contributed by atoms with Crippen LogP contribution in [-0.2, 0) is 4.79 Å². The van der Waals surface area contributed by atoms with Crippen molar-refractivity contribution in [2.24, 2.45) is 0 Å². The largest absolute Gasteiger partial charge is 0.361 e. The van der Waals surface area contributed by atoms with Crippen LogP contribution in [-0.4, -0.2) is 43.5 Å². The molecule has 0 spiro atoms. The minimum absolute atomic E-state index is 0.0301. The zero-order chi connectivity index (χ0) is 17.2. The Kier molecular flexibility index (Phi) is 4.05. The topological polar surface area (TPSA) is 75.4 Å². The van der Waals surface area contributed by atoms with Crippen LogP contribution in [0.4, 0.5) is 5.82 Å². The highest BCUT2D eigenvalue weighted by Gasteiger charge is 2.25. The molecule has 1 N–H and O–H groups in total. The molecule has 3 aromatic rings. The Morgan fingerprint density at radius 2 is 2.12 bits per heavy atom. The molecule has 1 aliphatic rings. The highest BCUT2D eigenvalue weighted by molar-refractivity contribution is 5.78. The number of amides is 1. The molecule has 0 unspecified atom stereocenters. The van der Waals surface area contributed by atoms with Gasteiger partial charge in [-0.15, -0.1) is 0 Å². The van der Waals surface area contributed by atoms with E-state index in [0.717, 1.165) is 30.0 Å². The zero-order valence-corrected chi connectivity index (χ0v) is 14.1. The summed E-state index contributed by atoms with van der Waals surface area (Å²) in [6.07, 6.45) is 3.07. The molecule has 0 radical (unpaired) electrons. The number of benzene rings is 1. The van der Waals surface area contributed by atoms with E-state index >= 15 is 0 Å². The van der Waals surface area contributed by atoms with E-state index in [1.165, 1.54) is 6.33 Å². The monoisotopic (exact) mass is 336 g/mol. The van der Waals surface area contributed by atoms with E-state index in [0.29, 0.717) is 18.7 Å². The van der Waals surface area contributed by atoms with Crippen molar-refractivity contribution in [3.63, 3.8) is 0 Å². The average molecular weight is 336 g/mol. The van der Waals surface area contributed by atoms with Crippen LogP contribution < -0.4 is 5.32 Å².